The predicted octanol–water partition coefficient (Wildman–Crippen LogP) is 5.58. The SMILES string of the molecule is C=CCN(C(=O)C1N([C@@H](CO)C(C)C)C(=O)[C@@H]2[C@@H](C(=O)N(CC=C)c3ccccc3)[C@@]3(C)CCC12S3)c1ccc(Cl)cc1. The minimum Gasteiger partial charge on any atom is -0.394 e. The highest BCUT2D eigenvalue weighted by atomic mass is 35.5. The van der Waals surface area contributed by atoms with Gasteiger partial charge < -0.3 is 19.8 Å². The van der Waals surface area contributed by atoms with Gasteiger partial charge in [-0.1, -0.05) is 55.8 Å². The predicted molar refractivity (Wildman–Crippen MR) is 174 cm³/mol. The number of carbonyl (C=O) groups excluding carboxylic acids is 3. The van der Waals surface area contributed by atoms with Gasteiger partial charge >= 0.3 is 0 Å². The zero-order valence-corrected chi connectivity index (χ0v) is 26.6. The van der Waals surface area contributed by atoms with E-state index in [2.05, 4.69) is 20.1 Å². The fraction of sp³-hybridized carbons (Fsp3) is 0.441. The van der Waals surface area contributed by atoms with E-state index < -0.39 is 33.4 Å². The zero-order valence-electron chi connectivity index (χ0n) is 25.0. The first-order valence-electron chi connectivity index (χ1n) is 14.8. The van der Waals surface area contributed by atoms with Gasteiger partial charge in [0.15, 0.2) is 0 Å². The molecule has 9 heteroatoms. The standard InChI is InChI=1S/C34H40ClN3O4S/c1-6-19-36(24-11-9-8-10-12-24)30(40)27-28-31(41)38(26(21-39)22(3)4)29(34(28)18-17-33(27,5)43-34)32(42)37(20-7-2)25-15-13-23(35)14-16-25/h6-16,22,26-29,39H,1-2,17-21H2,3-5H3/t26-,27-,28-,29?,33+,34?/m0/s1. The Morgan fingerprint density at radius 2 is 1.60 bits per heavy atom. The van der Waals surface area contributed by atoms with E-state index in [4.69, 9.17) is 11.6 Å². The summed E-state index contributed by atoms with van der Waals surface area (Å²) >= 11 is 7.79. The van der Waals surface area contributed by atoms with Crippen LogP contribution in [0, 0.1) is 17.8 Å². The van der Waals surface area contributed by atoms with Crippen LogP contribution in [0.4, 0.5) is 11.4 Å². The van der Waals surface area contributed by atoms with Gasteiger partial charge in [0.25, 0.3) is 5.91 Å². The number of hydrogen-bond acceptors (Lipinski definition) is 5. The van der Waals surface area contributed by atoms with Crippen LogP contribution in [-0.4, -0.2) is 69.0 Å². The molecule has 2 aromatic rings. The van der Waals surface area contributed by atoms with Gasteiger partial charge in [0.1, 0.15) is 6.04 Å². The van der Waals surface area contributed by atoms with Crippen molar-refractivity contribution in [1.29, 1.82) is 0 Å². The summed E-state index contributed by atoms with van der Waals surface area (Å²) in [6.45, 7) is 14.0. The zero-order chi connectivity index (χ0) is 31.1. The van der Waals surface area contributed by atoms with Crippen molar-refractivity contribution in [3.05, 3.63) is 84.9 Å². The van der Waals surface area contributed by atoms with E-state index >= 15 is 0 Å². The number of likely N-dealkylation sites (tertiary alicyclic amines) is 1. The second kappa shape index (κ2) is 12.1. The van der Waals surface area contributed by atoms with E-state index in [0.717, 1.165) is 5.69 Å². The van der Waals surface area contributed by atoms with Gasteiger partial charge in [-0.05, 0) is 62.1 Å². The summed E-state index contributed by atoms with van der Waals surface area (Å²) in [5.74, 6) is -2.09. The molecule has 0 aliphatic carbocycles. The number of para-hydroxylation sites is 1. The number of anilines is 2. The first-order chi connectivity index (χ1) is 20.5. The lowest BCUT2D eigenvalue weighted by atomic mass is 9.66. The average Bonchev–Trinajstić information content (AvgIpc) is 3.56. The lowest BCUT2D eigenvalue weighted by Crippen LogP contribution is -2.58. The number of thioether (sulfide) groups is 1. The third-order valence-corrected chi connectivity index (χ3v) is 11.6. The highest BCUT2D eigenvalue weighted by molar-refractivity contribution is 8.02. The van der Waals surface area contributed by atoms with Gasteiger partial charge in [-0.2, -0.15) is 0 Å². The van der Waals surface area contributed by atoms with Crippen molar-refractivity contribution < 1.29 is 19.5 Å². The molecule has 1 N–H and O–H groups in total. The molecule has 5 rings (SSSR count). The van der Waals surface area contributed by atoms with Crippen molar-refractivity contribution in [2.75, 3.05) is 29.5 Å². The topological polar surface area (TPSA) is 81.2 Å². The fourth-order valence-corrected chi connectivity index (χ4v) is 9.90. The largest absolute Gasteiger partial charge is 0.394 e. The molecule has 3 aliphatic rings. The first kappa shape index (κ1) is 31.4. The molecule has 3 amide bonds. The van der Waals surface area contributed by atoms with Crippen LogP contribution in [0.1, 0.15) is 33.6 Å². The molecule has 3 fully saturated rings. The molecule has 0 radical (unpaired) electrons. The molecule has 7 nitrogen and oxygen atoms in total. The molecule has 3 heterocycles. The molecule has 228 valence electrons. The summed E-state index contributed by atoms with van der Waals surface area (Å²) in [5, 5.41) is 11.1. The lowest BCUT2D eigenvalue weighted by molar-refractivity contribution is -0.143. The smallest absolute Gasteiger partial charge is 0.251 e. The maximum Gasteiger partial charge on any atom is 0.251 e. The quantitative estimate of drug-likeness (QED) is 0.332. The van der Waals surface area contributed by atoms with Crippen LogP contribution in [0.5, 0.6) is 0 Å². The van der Waals surface area contributed by atoms with Crippen LogP contribution < -0.4 is 9.80 Å². The number of fused-ring (bicyclic) bond motifs is 1. The van der Waals surface area contributed by atoms with Crippen molar-refractivity contribution in [3.8, 4) is 0 Å². The number of halogens is 1. The number of carbonyl (C=O) groups is 3. The third-order valence-electron chi connectivity index (χ3n) is 9.39. The summed E-state index contributed by atoms with van der Waals surface area (Å²) in [6.07, 6.45) is 4.67. The summed E-state index contributed by atoms with van der Waals surface area (Å²) in [4.78, 5) is 49.1. The van der Waals surface area contributed by atoms with Crippen molar-refractivity contribution in [2.24, 2.45) is 17.8 Å². The van der Waals surface area contributed by atoms with E-state index in [0.29, 0.717) is 30.1 Å². The Balaban J connectivity index is 1.64. The van der Waals surface area contributed by atoms with Crippen LogP contribution in [0.15, 0.2) is 79.9 Å². The Morgan fingerprint density at radius 3 is 2.16 bits per heavy atom. The summed E-state index contributed by atoms with van der Waals surface area (Å²) in [6, 6.07) is 15.0. The van der Waals surface area contributed by atoms with Crippen molar-refractivity contribution >= 4 is 52.5 Å². The summed E-state index contributed by atoms with van der Waals surface area (Å²) in [5.41, 5.74) is 1.38. The van der Waals surface area contributed by atoms with Crippen LogP contribution in [0.3, 0.4) is 0 Å². The second-order valence-electron chi connectivity index (χ2n) is 12.3. The van der Waals surface area contributed by atoms with E-state index in [1.165, 1.54) is 0 Å². The number of amides is 3. The van der Waals surface area contributed by atoms with Gasteiger partial charge in [-0.15, -0.1) is 24.9 Å². The molecule has 43 heavy (non-hydrogen) atoms. The second-order valence-corrected chi connectivity index (χ2v) is 14.6. The number of benzene rings is 2. The number of rotatable bonds is 11. The summed E-state index contributed by atoms with van der Waals surface area (Å²) < 4.78 is -1.36. The Bertz CT molecular complexity index is 1400. The normalized spacial score (nSPS) is 28.1. The molecule has 0 aromatic heterocycles. The molecule has 2 aromatic carbocycles. The maximum atomic E-state index is 14.8. The highest BCUT2D eigenvalue weighted by Gasteiger charge is 2.78. The molecule has 3 aliphatic heterocycles. The lowest BCUT2D eigenvalue weighted by Gasteiger charge is -2.40. The molecule has 2 unspecified atom stereocenters. The van der Waals surface area contributed by atoms with Gasteiger partial charge in [-0.3, -0.25) is 14.4 Å². The number of aliphatic hydroxyl groups excluding tert-OH is 1. The number of hydrogen-bond donors (Lipinski definition) is 1. The maximum absolute atomic E-state index is 14.8. The van der Waals surface area contributed by atoms with Crippen molar-refractivity contribution in [3.63, 3.8) is 0 Å². The third kappa shape index (κ3) is 5.11. The van der Waals surface area contributed by atoms with Gasteiger partial charge in [-0.25, -0.2) is 0 Å². The Kier molecular flexibility index (Phi) is 8.85. The monoisotopic (exact) mass is 621 g/mol. The average molecular weight is 622 g/mol. The van der Waals surface area contributed by atoms with Gasteiger partial charge in [0, 0.05) is 34.2 Å². The number of aliphatic hydroxyl groups is 1. The van der Waals surface area contributed by atoms with E-state index in [9.17, 15) is 19.5 Å². The molecule has 2 bridgehead atoms. The Hall–Kier alpha value is -3.07. The molecule has 0 saturated carbocycles. The van der Waals surface area contributed by atoms with E-state index in [1.54, 1.807) is 62.9 Å². The highest BCUT2D eigenvalue weighted by Crippen LogP contribution is 2.72. The minimum atomic E-state index is -0.866. The summed E-state index contributed by atoms with van der Waals surface area (Å²) in [7, 11) is 0. The Morgan fingerprint density at radius 1 is 1.02 bits per heavy atom. The Labute approximate surface area is 263 Å². The van der Waals surface area contributed by atoms with Crippen LogP contribution in [0.25, 0.3) is 0 Å². The number of nitrogens with zero attached hydrogens (tertiary/aromatic N) is 3. The van der Waals surface area contributed by atoms with Gasteiger partial charge in [0.05, 0.1) is 29.2 Å². The van der Waals surface area contributed by atoms with Crippen molar-refractivity contribution in [1.82, 2.24) is 4.90 Å². The minimum absolute atomic E-state index is 0.114. The van der Waals surface area contributed by atoms with E-state index in [1.807, 2.05) is 44.2 Å². The fourth-order valence-electron chi connectivity index (χ4n) is 7.44. The molecular formula is C34H40ClN3O4S. The van der Waals surface area contributed by atoms with Crippen LogP contribution in [-0.2, 0) is 14.4 Å². The van der Waals surface area contributed by atoms with Crippen LogP contribution >= 0.6 is 23.4 Å². The van der Waals surface area contributed by atoms with Gasteiger partial charge in [0.2, 0.25) is 11.8 Å². The molecule has 1 spiro atoms. The molecular weight excluding hydrogens is 582 g/mol. The van der Waals surface area contributed by atoms with E-state index in [-0.39, 0.29) is 36.8 Å². The van der Waals surface area contributed by atoms with Crippen molar-refractivity contribution in [2.45, 2.75) is 55.2 Å². The molecule has 3 saturated heterocycles. The van der Waals surface area contributed by atoms with Crippen LogP contribution in [0.2, 0.25) is 5.02 Å². The molecule has 6 atom stereocenters. The first-order valence-corrected chi connectivity index (χ1v) is 16.0.